The van der Waals surface area contributed by atoms with Crippen molar-refractivity contribution in [2.24, 2.45) is 5.92 Å². The molecule has 0 saturated heterocycles. The molecule has 0 aliphatic heterocycles. The van der Waals surface area contributed by atoms with Crippen LogP contribution in [0.4, 0.5) is 4.39 Å². The Hall–Kier alpha value is -2.09. The van der Waals surface area contributed by atoms with Crippen LogP contribution in [0.3, 0.4) is 0 Å². The molecule has 0 aliphatic rings. The molecule has 1 aromatic carbocycles. The van der Waals surface area contributed by atoms with Crippen molar-refractivity contribution in [1.82, 2.24) is 4.90 Å². The first-order valence-corrected chi connectivity index (χ1v) is 6.69. The number of halogens is 1. The highest BCUT2D eigenvalue weighted by Gasteiger charge is 2.22. The molecule has 4 nitrogen and oxygen atoms in total. The van der Waals surface area contributed by atoms with Crippen molar-refractivity contribution in [2.45, 2.75) is 20.3 Å². The Morgan fingerprint density at radius 1 is 1.40 bits per heavy atom. The van der Waals surface area contributed by atoms with Crippen LogP contribution in [-0.2, 0) is 4.79 Å². The molecule has 1 atom stereocenters. The molecule has 20 heavy (non-hydrogen) atoms. The zero-order chi connectivity index (χ0) is 15.0. The molecule has 1 amide bonds. The lowest BCUT2D eigenvalue weighted by molar-refractivity contribution is -0.133. The molecular formula is C15H19FN2O2. The van der Waals surface area contributed by atoms with Gasteiger partial charge in [0, 0.05) is 19.5 Å². The number of rotatable bonds is 7. The maximum absolute atomic E-state index is 13.3. The minimum Gasteiger partial charge on any atom is -0.490 e. The molecule has 1 unspecified atom stereocenters. The minimum absolute atomic E-state index is 0.131. The van der Waals surface area contributed by atoms with Crippen molar-refractivity contribution in [3.05, 3.63) is 30.1 Å². The average Bonchev–Trinajstić information content (AvgIpc) is 2.46. The fourth-order valence-corrected chi connectivity index (χ4v) is 1.85. The maximum atomic E-state index is 13.3. The van der Waals surface area contributed by atoms with Crippen LogP contribution in [0.2, 0.25) is 0 Å². The van der Waals surface area contributed by atoms with E-state index in [1.807, 2.05) is 19.9 Å². The fraction of sp³-hybridized carbons (Fsp3) is 0.467. The molecule has 1 aromatic rings. The molecule has 0 heterocycles. The van der Waals surface area contributed by atoms with Crippen molar-refractivity contribution in [2.75, 3.05) is 19.7 Å². The van der Waals surface area contributed by atoms with Gasteiger partial charge in [0.15, 0.2) is 11.6 Å². The summed E-state index contributed by atoms with van der Waals surface area (Å²) in [4.78, 5) is 13.6. The van der Waals surface area contributed by atoms with Crippen LogP contribution in [0, 0.1) is 23.1 Å². The maximum Gasteiger partial charge on any atom is 0.240 e. The Labute approximate surface area is 118 Å². The van der Waals surface area contributed by atoms with Gasteiger partial charge in [0.05, 0.1) is 12.7 Å². The second-order valence-electron chi connectivity index (χ2n) is 4.26. The van der Waals surface area contributed by atoms with Gasteiger partial charge in [-0.05, 0) is 26.0 Å². The summed E-state index contributed by atoms with van der Waals surface area (Å²) in [6.07, 6.45) is 0.250. The quantitative estimate of drug-likeness (QED) is 0.770. The smallest absolute Gasteiger partial charge is 0.240 e. The standard InChI is InChI=1S/C15H19FN2O2/c1-3-18(4-2)15(19)12(11-17)9-10-20-14-8-6-5-7-13(14)16/h5-8,12H,3-4,9-10H2,1-2H3. The predicted molar refractivity (Wildman–Crippen MR) is 73.5 cm³/mol. The highest BCUT2D eigenvalue weighted by molar-refractivity contribution is 5.81. The molecule has 0 aliphatic carbocycles. The molecule has 0 bridgehead atoms. The van der Waals surface area contributed by atoms with E-state index >= 15 is 0 Å². The summed E-state index contributed by atoms with van der Waals surface area (Å²) in [5.74, 6) is -1.26. The van der Waals surface area contributed by atoms with Crippen molar-refractivity contribution in [1.29, 1.82) is 5.26 Å². The van der Waals surface area contributed by atoms with Crippen LogP contribution in [0.1, 0.15) is 20.3 Å². The van der Waals surface area contributed by atoms with E-state index in [-0.39, 0.29) is 24.7 Å². The monoisotopic (exact) mass is 278 g/mol. The first kappa shape index (κ1) is 16.0. The largest absolute Gasteiger partial charge is 0.490 e. The number of para-hydroxylation sites is 1. The third-order valence-electron chi connectivity index (χ3n) is 3.03. The van der Waals surface area contributed by atoms with Gasteiger partial charge in [-0.2, -0.15) is 5.26 Å². The lowest BCUT2D eigenvalue weighted by atomic mass is 10.1. The van der Waals surface area contributed by atoms with Gasteiger partial charge in [-0.1, -0.05) is 12.1 Å². The molecule has 0 spiro atoms. The van der Waals surface area contributed by atoms with Crippen molar-refractivity contribution >= 4 is 5.91 Å². The van der Waals surface area contributed by atoms with Crippen LogP contribution < -0.4 is 4.74 Å². The van der Waals surface area contributed by atoms with E-state index in [0.717, 1.165) is 0 Å². The van der Waals surface area contributed by atoms with E-state index in [4.69, 9.17) is 10.00 Å². The van der Waals surface area contributed by atoms with Gasteiger partial charge >= 0.3 is 0 Å². The lowest BCUT2D eigenvalue weighted by Crippen LogP contribution is -2.36. The predicted octanol–water partition coefficient (Wildman–Crippen LogP) is 2.60. The Morgan fingerprint density at radius 2 is 2.05 bits per heavy atom. The van der Waals surface area contributed by atoms with Gasteiger partial charge in [0.25, 0.3) is 0 Å². The summed E-state index contributed by atoms with van der Waals surface area (Å²) in [6.45, 7) is 5.01. The first-order chi connectivity index (χ1) is 9.63. The highest BCUT2D eigenvalue weighted by Crippen LogP contribution is 2.16. The average molecular weight is 278 g/mol. The van der Waals surface area contributed by atoms with Crippen molar-refractivity contribution < 1.29 is 13.9 Å². The Kier molecular flexibility index (Phi) is 6.51. The molecule has 0 aromatic heterocycles. The van der Waals surface area contributed by atoms with E-state index in [1.54, 1.807) is 17.0 Å². The van der Waals surface area contributed by atoms with Gasteiger partial charge in [0.2, 0.25) is 5.91 Å². The Morgan fingerprint density at radius 3 is 2.60 bits per heavy atom. The zero-order valence-electron chi connectivity index (χ0n) is 11.8. The topological polar surface area (TPSA) is 53.3 Å². The fourth-order valence-electron chi connectivity index (χ4n) is 1.85. The summed E-state index contributed by atoms with van der Waals surface area (Å²) in [6, 6.07) is 8.05. The summed E-state index contributed by atoms with van der Waals surface area (Å²) in [5.41, 5.74) is 0. The molecular weight excluding hydrogens is 259 g/mol. The third-order valence-corrected chi connectivity index (χ3v) is 3.03. The van der Waals surface area contributed by atoms with Gasteiger partial charge in [-0.3, -0.25) is 4.79 Å². The third kappa shape index (κ3) is 4.23. The van der Waals surface area contributed by atoms with Crippen molar-refractivity contribution in [3.8, 4) is 11.8 Å². The molecule has 5 heteroatoms. The van der Waals surface area contributed by atoms with E-state index in [9.17, 15) is 9.18 Å². The zero-order valence-corrected chi connectivity index (χ0v) is 11.8. The molecule has 108 valence electrons. The lowest BCUT2D eigenvalue weighted by Gasteiger charge is -2.21. The number of amides is 1. The van der Waals surface area contributed by atoms with Gasteiger partial charge in [-0.15, -0.1) is 0 Å². The molecule has 0 saturated carbocycles. The SMILES string of the molecule is CCN(CC)C(=O)C(C#N)CCOc1ccccc1F. The number of nitrogens with zero attached hydrogens (tertiary/aromatic N) is 2. The van der Waals surface area contributed by atoms with Gasteiger partial charge in [-0.25, -0.2) is 4.39 Å². The number of ether oxygens (including phenoxy) is 1. The highest BCUT2D eigenvalue weighted by atomic mass is 19.1. The van der Waals surface area contributed by atoms with Crippen LogP contribution in [0.15, 0.2) is 24.3 Å². The Balaban J connectivity index is 2.52. The van der Waals surface area contributed by atoms with E-state index < -0.39 is 11.7 Å². The van der Waals surface area contributed by atoms with Gasteiger partial charge in [0.1, 0.15) is 5.92 Å². The van der Waals surface area contributed by atoms with Crippen LogP contribution in [-0.4, -0.2) is 30.5 Å². The number of benzene rings is 1. The normalized spacial score (nSPS) is 11.5. The number of carbonyl (C=O) groups excluding carboxylic acids is 1. The number of hydrogen-bond donors (Lipinski definition) is 0. The molecule has 0 fully saturated rings. The second-order valence-corrected chi connectivity index (χ2v) is 4.26. The van der Waals surface area contributed by atoms with E-state index in [1.165, 1.54) is 12.1 Å². The summed E-state index contributed by atoms with van der Waals surface area (Å²) < 4.78 is 18.6. The molecule has 0 N–H and O–H groups in total. The van der Waals surface area contributed by atoms with Crippen LogP contribution >= 0.6 is 0 Å². The Bertz CT molecular complexity index is 481. The first-order valence-electron chi connectivity index (χ1n) is 6.69. The molecule has 1 rings (SSSR count). The number of hydrogen-bond acceptors (Lipinski definition) is 3. The summed E-state index contributed by atoms with van der Waals surface area (Å²) >= 11 is 0. The number of nitriles is 1. The molecule has 0 radical (unpaired) electrons. The minimum atomic E-state index is -0.748. The van der Waals surface area contributed by atoms with E-state index in [0.29, 0.717) is 13.1 Å². The number of carbonyl (C=O) groups is 1. The van der Waals surface area contributed by atoms with Crippen LogP contribution in [0.5, 0.6) is 5.75 Å². The van der Waals surface area contributed by atoms with Crippen molar-refractivity contribution in [3.63, 3.8) is 0 Å². The van der Waals surface area contributed by atoms with Gasteiger partial charge < -0.3 is 9.64 Å². The van der Waals surface area contributed by atoms with Crippen LogP contribution in [0.25, 0.3) is 0 Å². The summed E-state index contributed by atoms with van der Waals surface area (Å²) in [5, 5.41) is 9.06. The summed E-state index contributed by atoms with van der Waals surface area (Å²) in [7, 11) is 0. The second kappa shape index (κ2) is 8.16. The van der Waals surface area contributed by atoms with E-state index in [2.05, 4.69) is 0 Å².